The molecule has 1 aliphatic heterocycles. The lowest BCUT2D eigenvalue weighted by Crippen LogP contribution is -2.48. The zero-order valence-electron chi connectivity index (χ0n) is 18.8. The molecular formula is C20H31BN4O7S. The first kappa shape index (κ1) is 26.7. The molecule has 0 radical (unpaired) electrons. The minimum Gasteiger partial charge on any atom is -0.480 e. The number of nitrogens with zero attached hydrogens (tertiary/aromatic N) is 2. The van der Waals surface area contributed by atoms with Crippen LogP contribution in [0.15, 0.2) is 10.6 Å². The lowest BCUT2D eigenvalue weighted by molar-refractivity contribution is -0.138. The van der Waals surface area contributed by atoms with Gasteiger partial charge >= 0.3 is 5.97 Å². The molecule has 1 fully saturated rings. The summed E-state index contributed by atoms with van der Waals surface area (Å²) in [7, 11) is -3.77. The Morgan fingerprint density at radius 3 is 2.76 bits per heavy atom. The van der Waals surface area contributed by atoms with Crippen LogP contribution in [0.1, 0.15) is 56.0 Å². The molecule has 0 bridgehead atoms. The number of hydrogen-bond acceptors (Lipinski definition) is 8. The van der Waals surface area contributed by atoms with Crippen molar-refractivity contribution in [2.75, 3.05) is 18.9 Å². The second-order valence-electron chi connectivity index (χ2n) is 8.26. The van der Waals surface area contributed by atoms with Crippen LogP contribution in [-0.4, -0.2) is 62.2 Å². The summed E-state index contributed by atoms with van der Waals surface area (Å²) in [6, 6.07) is -0.202. The Labute approximate surface area is 194 Å². The second-order valence-corrected chi connectivity index (χ2v) is 10.1. The normalized spacial score (nSPS) is 15.6. The lowest BCUT2D eigenvalue weighted by atomic mass is 9.41. The van der Waals surface area contributed by atoms with Crippen molar-refractivity contribution in [3.05, 3.63) is 11.8 Å². The van der Waals surface area contributed by atoms with E-state index < -0.39 is 34.5 Å². The summed E-state index contributed by atoms with van der Waals surface area (Å²) in [5.74, 6) is 0.571. The average molecular weight is 482 g/mol. The number of aliphatic carboxylic acids is 1. The molecule has 0 aromatic carbocycles. The molecule has 1 amide bonds. The number of hydrogen-bond donors (Lipinski definition) is 3. The highest BCUT2D eigenvalue weighted by Gasteiger charge is 2.26. The summed E-state index contributed by atoms with van der Waals surface area (Å²) < 4.78 is 36.4. The predicted octanol–water partition coefficient (Wildman–Crippen LogP) is 1.70. The summed E-state index contributed by atoms with van der Waals surface area (Å²) >= 11 is 0. The highest BCUT2D eigenvalue weighted by atomic mass is 32.2. The molecule has 182 valence electrons. The van der Waals surface area contributed by atoms with Crippen molar-refractivity contribution in [3.63, 3.8) is 0 Å². The van der Waals surface area contributed by atoms with Crippen LogP contribution in [0.4, 0.5) is 0 Å². The van der Waals surface area contributed by atoms with Crippen LogP contribution in [-0.2, 0) is 14.8 Å². The van der Waals surface area contributed by atoms with Crippen LogP contribution in [0.5, 0.6) is 5.88 Å². The Morgan fingerprint density at radius 2 is 2.12 bits per heavy atom. The van der Waals surface area contributed by atoms with Crippen LogP contribution in [0.3, 0.4) is 0 Å². The minimum atomic E-state index is -3.77. The van der Waals surface area contributed by atoms with Gasteiger partial charge < -0.3 is 19.7 Å². The van der Waals surface area contributed by atoms with Crippen LogP contribution in [0.25, 0.3) is 0 Å². The zero-order chi connectivity index (χ0) is 24.3. The Kier molecular flexibility index (Phi) is 10.7. The fraction of sp³-hybridized carbons (Fsp3) is 0.700. The number of carboxylic acids is 1. The van der Waals surface area contributed by atoms with Crippen molar-refractivity contribution in [1.29, 1.82) is 5.26 Å². The molecule has 1 atom stereocenters. The number of nitriles is 1. The SMILES string of the molecule is CCCCS(=O)(=O)NC(CNC(=O)c1cc(OCCCC2CCB(C#N)CC2)no1)C(=O)O. The van der Waals surface area contributed by atoms with E-state index in [1.807, 2.05) is 6.92 Å². The van der Waals surface area contributed by atoms with Gasteiger partial charge in [-0.05, 0) is 30.3 Å². The smallest absolute Gasteiger partial charge is 0.323 e. The fourth-order valence-electron chi connectivity index (χ4n) is 3.63. The summed E-state index contributed by atoms with van der Waals surface area (Å²) in [5, 5.41) is 24.2. The molecule has 2 heterocycles. The van der Waals surface area contributed by atoms with Gasteiger partial charge in [0.2, 0.25) is 15.8 Å². The van der Waals surface area contributed by atoms with E-state index in [1.54, 1.807) is 0 Å². The molecule has 0 saturated carbocycles. The van der Waals surface area contributed by atoms with Crippen LogP contribution in [0.2, 0.25) is 12.6 Å². The topological polar surface area (TPSA) is 172 Å². The quantitative estimate of drug-likeness (QED) is 0.264. The molecule has 2 rings (SSSR count). The molecule has 0 spiro atoms. The van der Waals surface area contributed by atoms with Crippen molar-refractivity contribution in [2.45, 2.75) is 64.1 Å². The number of nitrogens with one attached hydrogen (secondary N) is 2. The zero-order valence-corrected chi connectivity index (χ0v) is 19.6. The number of carbonyl (C=O) groups excluding carboxylic acids is 1. The van der Waals surface area contributed by atoms with Crippen molar-refractivity contribution in [2.24, 2.45) is 5.92 Å². The van der Waals surface area contributed by atoms with Gasteiger partial charge in [0, 0.05) is 12.5 Å². The van der Waals surface area contributed by atoms with E-state index >= 15 is 0 Å². The largest absolute Gasteiger partial charge is 0.480 e. The highest BCUT2D eigenvalue weighted by molar-refractivity contribution is 7.89. The Hall–Kier alpha value is -2.59. The van der Waals surface area contributed by atoms with Crippen molar-refractivity contribution in [3.8, 4) is 11.8 Å². The first-order valence-electron chi connectivity index (χ1n) is 11.2. The number of amides is 1. The van der Waals surface area contributed by atoms with E-state index in [-0.39, 0.29) is 24.1 Å². The maximum absolute atomic E-state index is 12.2. The molecule has 11 nitrogen and oxygen atoms in total. The van der Waals surface area contributed by atoms with Gasteiger partial charge in [-0.25, -0.2) is 13.7 Å². The fourth-order valence-corrected chi connectivity index (χ4v) is 5.04. The highest BCUT2D eigenvalue weighted by Crippen LogP contribution is 2.28. The van der Waals surface area contributed by atoms with Gasteiger partial charge in [-0.2, -0.15) is 4.72 Å². The lowest BCUT2D eigenvalue weighted by Gasteiger charge is -2.22. The number of ether oxygens (including phenoxy) is 1. The first-order chi connectivity index (χ1) is 15.7. The summed E-state index contributed by atoms with van der Waals surface area (Å²) in [6.45, 7) is 1.96. The van der Waals surface area contributed by atoms with Crippen molar-refractivity contribution < 1.29 is 32.4 Å². The third-order valence-electron chi connectivity index (χ3n) is 5.60. The van der Waals surface area contributed by atoms with E-state index in [1.165, 1.54) is 6.07 Å². The van der Waals surface area contributed by atoms with Gasteiger partial charge in [-0.1, -0.05) is 38.8 Å². The molecular weight excluding hydrogens is 451 g/mol. The minimum absolute atomic E-state index is 0.142. The van der Waals surface area contributed by atoms with E-state index in [2.05, 4.69) is 21.2 Å². The third-order valence-corrected chi connectivity index (χ3v) is 7.07. The molecule has 13 heteroatoms. The van der Waals surface area contributed by atoms with E-state index in [4.69, 9.17) is 14.5 Å². The first-order valence-corrected chi connectivity index (χ1v) is 12.9. The summed E-state index contributed by atoms with van der Waals surface area (Å²) in [6.07, 6.45) is 6.87. The molecule has 33 heavy (non-hydrogen) atoms. The molecule has 0 aliphatic carbocycles. The Bertz CT molecular complexity index is 923. The predicted molar refractivity (Wildman–Crippen MR) is 121 cm³/mol. The Morgan fingerprint density at radius 1 is 1.39 bits per heavy atom. The van der Waals surface area contributed by atoms with Gasteiger partial charge in [0.05, 0.1) is 18.4 Å². The standard InChI is InChI=1S/C20H31BN4O7S/c1-2-3-11-33(29,30)25-16(20(27)28)13-23-19(26)17-12-18(24-32-17)31-10-4-5-15-6-8-21(14-22)9-7-15/h12,15-16,25H,2-11,13H2,1H3,(H,23,26)(H,27,28). The molecule has 3 N–H and O–H groups in total. The number of carboxylic acid groups (broad SMARTS) is 1. The number of carbonyl (C=O) groups is 2. The van der Waals surface area contributed by atoms with Crippen molar-refractivity contribution in [1.82, 2.24) is 15.2 Å². The van der Waals surface area contributed by atoms with E-state index in [0.29, 0.717) is 25.4 Å². The Balaban J connectivity index is 1.73. The maximum Gasteiger partial charge on any atom is 0.323 e. The van der Waals surface area contributed by atoms with Crippen LogP contribution >= 0.6 is 0 Å². The molecule has 1 unspecified atom stereocenters. The number of rotatable bonds is 14. The maximum atomic E-state index is 12.2. The molecule has 1 aliphatic rings. The van der Waals surface area contributed by atoms with Crippen LogP contribution < -0.4 is 14.8 Å². The number of aromatic nitrogens is 1. The molecule has 1 aromatic rings. The van der Waals surface area contributed by atoms with Crippen molar-refractivity contribution >= 4 is 28.6 Å². The van der Waals surface area contributed by atoms with Gasteiger partial charge in [0.1, 0.15) is 6.04 Å². The molecule has 1 aromatic heterocycles. The van der Waals surface area contributed by atoms with Crippen LogP contribution in [0, 0.1) is 17.1 Å². The molecule has 1 saturated heterocycles. The van der Waals surface area contributed by atoms with Gasteiger partial charge in [0.25, 0.3) is 18.5 Å². The van der Waals surface area contributed by atoms with E-state index in [9.17, 15) is 23.1 Å². The summed E-state index contributed by atoms with van der Waals surface area (Å²) in [5.41, 5.74) is 0. The number of unbranched alkanes of at least 4 members (excludes halogenated alkanes) is 1. The van der Waals surface area contributed by atoms with Gasteiger partial charge in [-0.15, -0.1) is 0 Å². The number of sulfonamides is 1. The van der Waals surface area contributed by atoms with E-state index in [0.717, 1.165) is 38.3 Å². The monoisotopic (exact) mass is 482 g/mol. The third kappa shape index (κ3) is 9.43. The summed E-state index contributed by atoms with van der Waals surface area (Å²) in [4.78, 5) is 23.6. The van der Waals surface area contributed by atoms with Gasteiger partial charge in [-0.3, -0.25) is 9.59 Å². The second kappa shape index (κ2) is 13.2. The van der Waals surface area contributed by atoms with Gasteiger partial charge in [0.15, 0.2) is 0 Å². The average Bonchev–Trinajstić information content (AvgIpc) is 3.27.